The first kappa shape index (κ1) is 29.6. The number of primary amides is 1. The predicted molar refractivity (Wildman–Crippen MR) is 165 cm³/mol. The van der Waals surface area contributed by atoms with Crippen LogP contribution in [0, 0.1) is 5.92 Å². The van der Waals surface area contributed by atoms with Gasteiger partial charge >= 0.3 is 12.0 Å². The van der Waals surface area contributed by atoms with E-state index in [-0.39, 0.29) is 36.2 Å². The van der Waals surface area contributed by atoms with Gasteiger partial charge in [0.15, 0.2) is 5.76 Å². The number of nitrogens with one attached hydrogen (secondary N) is 1. The lowest BCUT2D eigenvalue weighted by molar-refractivity contribution is -0.147. The van der Waals surface area contributed by atoms with Crippen LogP contribution >= 0.6 is 0 Å². The van der Waals surface area contributed by atoms with Crippen molar-refractivity contribution in [3.63, 3.8) is 0 Å². The Morgan fingerprint density at radius 1 is 1.00 bits per heavy atom. The minimum Gasteiger partial charge on any atom is -0.460 e. The Hall–Kier alpha value is -4.89. The lowest BCUT2D eigenvalue weighted by atomic mass is 9.90. The van der Waals surface area contributed by atoms with E-state index in [1.165, 1.54) is 6.26 Å². The molecule has 0 saturated carbocycles. The van der Waals surface area contributed by atoms with Crippen LogP contribution in [0.3, 0.4) is 0 Å². The van der Waals surface area contributed by atoms with Gasteiger partial charge in [-0.15, -0.1) is 0 Å². The number of piperidine rings is 1. The summed E-state index contributed by atoms with van der Waals surface area (Å²) in [4.78, 5) is 42.7. The first-order valence-electron chi connectivity index (χ1n) is 14.4. The van der Waals surface area contributed by atoms with Crippen molar-refractivity contribution in [1.29, 1.82) is 0 Å². The van der Waals surface area contributed by atoms with Crippen LogP contribution in [0.4, 0.5) is 16.2 Å². The normalized spacial score (nSPS) is 17.5. The minimum atomic E-state index is -0.682. The molecule has 1 aliphatic heterocycles. The van der Waals surface area contributed by atoms with E-state index in [0.29, 0.717) is 37.4 Å². The molecule has 3 aromatic carbocycles. The van der Waals surface area contributed by atoms with Gasteiger partial charge in [0.25, 0.3) is 5.91 Å². The second kappa shape index (κ2) is 13.8. The van der Waals surface area contributed by atoms with E-state index in [9.17, 15) is 14.4 Å². The van der Waals surface area contributed by atoms with Gasteiger partial charge < -0.3 is 30.0 Å². The highest BCUT2D eigenvalue weighted by Gasteiger charge is 2.37. The quantitative estimate of drug-likeness (QED) is 0.234. The predicted octanol–water partition coefficient (Wildman–Crippen LogP) is 5.65. The average Bonchev–Trinajstić information content (AvgIpc) is 3.56. The molecule has 3 amide bonds. The zero-order valence-electron chi connectivity index (χ0n) is 24.1. The highest BCUT2D eigenvalue weighted by Crippen LogP contribution is 2.32. The molecule has 0 spiro atoms. The van der Waals surface area contributed by atoms with Crippen molar-refractivity contribution < 1.29 is 23.5 Å². The fourth-order valence-electron chi connectivity index (χ4n) is 5.71. The molecule has 222 valence electrons. The maximum Gasteiger partial charge on any atom is 0.316 e. The Balaban J connectivity index is 1.33. The van der Waals surface area contributed by atoms with Crippen LogP contribution in [0.15, 0.2) is 108 Å². The fraction of sp³-hybridized carbons (Fsp3) is 0.265. The van der Waals surface area contributed by atoms with Crippen LogP contribution in [0.5, 0.6) is 0 Å². The number of nitrogens with zero attached hydrogens (tertiary/aromatic N) is 2. The summed E-state index contributed by atoms with van der Waals surface area (Å²) in [6.07, 6.45) is 2.14. The maximum atomic E-state index is 13.8. The molecular weight excluding hydrogens is 544 g/mol. The summed E-state index contributed by atoms with van der Waals surface area (Å²) in [5.74, 6) is -0.701. The van der Waals surface area contributed by atoms with Crippen LogP contribution in [0.2, 0.25) is 0 Å². The van der Waals surface area contributed by atoms with Gasteiger partial charge in [0.05, 0.1) is 12.2 Å². The van der Waals surface area contributed by atoms with Gasteiger partial charge in [-0.25, -0.2) is 4.79 Å². The van der Waals surface area contributed by atoms with E-state index in [4.69, 9.17) is 14.9 Å². The molecule has 4 aromatic rings. The number of nitrogens with two attached hydrogens (primary N) is 1. The number of likely N-dealkylation sites (tertiary alicyclic amines) is 1. The maximum absolute atomic E-state index is 13.8. The Kier molecular flexibility index (Phi) is 9.53. The van der Waals surface area contributed by atoms with Gasteiger partial charge in [-0.3, -0.25) is 9.59 Å². The van der Waals surface area contributed by atoms with Crippen LogP contribution < -0.4 is 16.0 Å². The van der Waals surface area contributed by atoms with Crippen LogP contribution in [0.1, 0.15) is 40.9 Å². The van der Waals surface area contributed by atoms with Gasteiger partial charge in [-0.1, -0.05) is 73.7 Å². The second-order valence-electron chi connectivity index (χ2n) is 10.8. The molecule has 3 N–H and O–H groups in total. The Bertz CT molecular complexity index is 1510. The molecule has 9 nitrogen and oxygen atoms in total. The van der Waals surface area contributed by atoms with Crippen molar-refractivity contribution in [2.24, 2.45) is 11.7 Å². The average molecular weight is 581 g/mol. The summed E-state index contributed by atoms with van der Waals surface area (Å²) >= 11 is 0. The van der Waals surface area contributed by atoms with E-state index in [1.807, 2.05) is 66.7 Å². The van der Waals surface area contributed by atoms with Gasteiger partial charge in [0.2, 0.25) is 0 Å². The molecule has 1 saturated heterocycles. The molecular formula is C34H36N4O5. The van der Waals surface area contributed by atoms with E-state index in [2.05, 4.69) is 17.1 Å². The molecule has 1 fully saturated rings. The number of esters is 1. The lowest BCUT2D eigenvalue weighted by Gasteiger charge is -2.43. The Morgan fingerprint density at radius 2 is 1.74 bits per heavy atom. The number of urea groups is 1. The highest BCUT2D eigenvalue weighted by molar-refractivity contribution is 6.05. The number of amides is 3. The van der Waals surface area contributed by atoms with Gasteiger partial charge in [0.1, 0.15) is 6.61 Å². The fourth-order valence-corrected chi connectivity index (χ4v) is 5.71. The number of carbonyl (C=O) groups is 3. The number of benzene rings is 3. The molecule has 9 heteroatoms. The van der Waals surface area contributed by atoms with Crippen molar-refractivity contribution in [2.45, 2.75) is 31.9 Å². The van der Waals surface area contributed by atoms with E-state index < -0.39 is 11.9 Å². The topological polar surface area (TPSA) is 118 Å². The number of ether oxygens (including phenoxy) is 1. The summed E-state index contributed by atoms with van der Waals surface area (Å²) in [6, 6.07) is 28.9. The molecule has 2 heterocycles. The monoisotopic (exact) mass is 580 g/mol. The van der Waals surface area contributed by atoms with Crippen molar-refractivity contribution in [3.8, 4) is 0 Å². The van der Waals surface area contributed by atoms with Crippen molar-refractivity contribution in [3.05, 3.63) is 120 Å². The van der Waals surface area contributed by atoms with Gasteiger partial charge in [-0.2, -0.15) is 0 Å². The summed E-state index contributed by atoms with van der Waals surface area (Å²) in [6.45, 7) is 4.16. The molecule has 3 atom stereocenters. The van der Waals surface area contributed by atoms with E-state index in [1.54, 1.807) is 35.2 Å². The van der Waals surface area contributed by atoms with Gasteiger partial charge in [-0.05, 0) is 53.8 Å². The summed E-state index contributed by atoms with van der Waals surface area (Å²) in [5.41, 5.74) is 8.30. The molecule has 0 bridgehead atoms. The number of carbonyl (C=O) groups excluding carboxylic acids is 3. The molecule has 0 aliphatic carbocycles. The third kappa shape index (κ3) is 7.50. The molecule has 3 unspecified atom stereocenters. The number of furan rings is 1. The number of anilines is 2. The summed E-state index contributed by atoms with van der Waals surface area (Å²) in [5, 5.41) is 2.59. The van der Waals surface area contributed by atoms with Gasteiger partial charge in [0, 0.05) is 37.1 Å². The summed E-state index contributed by atoms with van der Waals surface area (Å²) < 4.78 is 11.3. The van der Waals surface area contributed by atoms with Crippen LogP contribution in [-0.2, 0) is 16.1 Å². The minimum absolute atomic E-state index is 0.0529. The zero-order chi connectivity index (χ0) is 30.2. The van der Waals surface area contributed by atoms with Crippen molar-refractivity contribution in [2.75, 3.05) is 29.9 Å². The smallest absolute Gasteiger partial charge is 0.316 e. The number of hydrogen-bond acceptors (Lipinski definition) is 6. The van der Waals surface area contributed by atoms with E-state index in [0.717, 1.165) is 11.1 Å². The second-order valence-corrected chi connectivity index (χ2v) is 10.8. The Labute approximate surface area is 251 Å². The van der Waals surface area contributed by atoms with Crippen molar-refractivity contribution in [1.82, 2.24) is 4.90 Å². The highest BCUT2D eigenvalue weighted by atomic mass is 16.5. The van der Waals surface area contributed by atoms with E-state index >= 15 is 0 Å². The lowest BCUT2D eigenvalue weighted by Crippen LogP contribution is -2.53. The Morgan fingerprint density at radius 3 is 2.42 bits per heavy atom. The standard InChI is InChI=1S/C34H36N4O5/c1-24-21-37(22-29(26-12-6-3-7-13-26)33(40)43-23-25-10-4-2-5-11-25)18-17-30(24)38(32(39)31-16-9-19-42-31)28-15-8-14-27(20-28)36-34(35)41/h2-16,19-20,24,29-30H,17-18,21-23H2,1H3,(H3,35,36,41). The number of hydrogen-bond donors (Lipinski definition) is 2. The third-order valence-corrected chi connectivity index (χ3v) is 7.77. The first-order chi connectivity index (χ1) is 20.9. The molecule has 43 heavy (non-hydrogen) atoms. The number of rotatable bonds is 10. The molecule has 0 radical (unpaired) electrons. The van der Waals surface area contributed by atoms with Crippen LogP contribution in [0.25, 0.3) is 0 Å². The molecule has 1 aliphatic rings. The SMILES string of the molecule is CC1CN(CC(C(=O)OCc2ccccc2)c2ccccc2)CCC1N(C(=O)c1ccco1)c1cccc(NC(N)=O)c1. The van der Waals surface area contributed by atoms with Crippen molar-refractivity contribution >= 4 is 29.3 Å². The largest absolute Gasteiger partial charge is 0.460 e. The molecule has 1 aromatic heterocycles. The first-order valence-corrected chi connectivity index (χ1v) is 14.4. The van der Waals surface area contributed by atoms with Crippen LogP contribution in [-0.4, -0.2) is 48.5 Å². The molecule has 5 rings (SSSR count). The third-order valence-electron chi connectivity index (χ3n) is 7.77. The zero-order valence-corrected chi connectivity index (χ0v) is 24.1. The summed E-state index contributed by atoms with van der Waals surface area (Å²) in [7, 11) is 0.